The van der Waals surface area contributed by atoms with Gasteiger partial charge in [-0.25, -0.2) is 0 Å². The Balaban J connectivity index is 2.35. The Morgan fingerprint density at radius 2 is 2.00 bits per heavy atom. The predicted molar refractivity (Wildman–Crippen MR) is 68.1 cm³/mol. The van der Waals surface area contributed by atoms with Crippen molar-refractivity contribution in [3.63, 3.8) is 0 Å². The van der Waals surface area contributed by atoms with E-state index in [9.17, 15) is 0 Å². The topological polar surface area (TPSA) is 48.1 Å². The molecule has 0 spiro atoms. The minimum Gasteiger partial charge on any atom is -0.455 e. The van der Waals surface area contributed by atoms with Crippen LogP contribution < -0.4 is 10.5 Å². The van der Waals surface area contributed by atoms with Crippen molar-refractivity contribution in [3.05, 3.63) is 53.3 Å². The first-order chi connectivity index (χ1) is 8.22. The lowest BCUT2D eigenvalue weighted by Crippen LogP contribution is -2.00. The molecule has 2 N–H and O–H groups in total. The normalized spacial score (nSPS) is 10.3. The molecular weight excluding hydrogens is 212 g/mol. The minimum absolute atomic E-state index is 0.447. The third-order valence-corrected chi connectivity index (χ3v) is 2.86. The standard InChI is InChI=1S/C14H16N2O/c1-10-4-3-5-13(11(10)2)17-14-9-16-7-6-12(14)8-15/h3-7,9H,8,15H2,1-2H3. The molecule has 0 amide bonds. The molecule has 0 bridgehead atoms. The fourth-order valence-electron chi connectivity index (χ4n) is 1.62. The van der Waals surface area contributed by atoms with Gasteiger partial charge in [0.1, 0.15) is 11.5 Å². The first kappa shape index (κ1) is 11.6. The Kier molecular flexibility index (Phi) is 3.40. The van der Waals surface area contributed by atoms with E-state index >= 15 is 0 Å². The van der Waals surface area contributed by atoms with Crippen LogP contribution in [0.3, 0.4) is 0 Å². The summed E-state index contributed by atoms with van der Waals surface area (Å²) in [5, 5.41) is 0. The van der Waals surface area contributed by atoms with Gasteiger partial charge in [-0.3, -0.25) is 4.98 Å². The van der Waals surface area contributed by atoms with Crippen LogP contribution in [0.5, 0.6) is 11.5 Å². The Hall–Kier alpha value is -1.87. The van der Waals surface area contributed by atoms with Gasteiger partial charge in [0.2, 0.25) is 0 Å². The lowest BCUT2D eigenvalue weighted by Gasteiger charge is -2.12. The van der Waals surface area contributed by atoms with E-state index < -0.39 is 0 Å². The summed E-state index contributed by atoms with van der Waals surface area (Å²) >= 11 is 0. The Morgan fingerprint density at radius 1 is 1.18 bits per heavy atom. The van der Waals surface area contributed by atoms with Crippen LogP contribution >= 0.6 is 0 Å². The second kappa shape index (κ2) is 4.97. The van der Waals surface area contributed by atoms with Gasteiger partial charge in [-0.05, 0) is 37.1 Å². The maximum Gasteiger partial charge on any atom is 0.150 e. The van der Waals surface area contributed by atoms with Crippen LogP contribution in [0.15, 0.2) is 36.7 Å². The highest BCUT2D eigenvalue weighted by Gasteiger charge is 2.06. The zero-order valence-corrected chi connectivity index (χ0v) is 10.1. The largest absolute Gasteiger partial charge is 0.455 e. The number of aromatic nitrogens is 1. The number of rotatable bonds is 3. The molecule has 0 atom stereocenters. The molecule has 1 heterocycles. The molecule has 0 radical (unpaired) electrons. The highest BCUT2D eigenvalue weighted by molar-refractivity contribution is 5.42. The molecule has 17 heavy (non-hydrogen) atoms. The third-order valence-electron chi connectivity index (χ3n) is 2.86. The number of benzene rings is 1. The third kappa shape index (κ3) is 2.45. The first-order valence-corrected chi connectivity index (χ1v) is 5.59. The van der Waals surface area contributed by atoms with Crippen LogP contribution in [0.1, 0.15) is 16.7 Å². The number of hydrogen-bond acceptors (Lipinski definition) is 3. The predicted octanol–water partition coefficient (Wildman–Crippen LogP) is 2.95. The minimum atomic E-state index is 0.447. The van der Waals surface area contributed by atoms with Crippen molar-refractivity contribution in [2.24, 2.45) is 5.73 Å². The second-order valence-corrected chi connectivity index (χ2v) is 3.99. The van der Waals surface area contributed by atoms with E-state index in [0.717, 1.165) is 22.6 Å². The average molecular weight is 228 g/mol. The van der Waals surface area contributed by atoms with Gasteiger partial charge in [-0.2, -0.15) is 0 Å². The molecule has 0 aliphatic carbocycles. The molecule has 1 aromatic carbocycles. The maximum atomic E-state index is 5.87. The molecule has 0 aliphatic heterocycles. The molecule has 0 unspecified atom stereocenters. The summed E-state index contributed by atoms with van der Waals surface area (Å²) in [6.45, 7) is 4.56. The van der Waals surface area contributed by atoms with Gasteiger partial charge in [0, 0.05) is 18.3 Å². The van der Waals surface area contributed by atoms with Crippen molar-refractivity contribution >= 4 is 0 Å². The fourth-order valence-corrected chi connectivity index (χ4v) is 1.62. The van der Waals surface area contributed by atoms with Crippen molar-refractivity contribution < 1.29 is 4.74 Å². The van der Waals surface area contributed by atoms with Crippen molar-refractivity contribution in [1.82, 2.24) is 4.98 Å². The number of pyridine rings is 1. The molecule has 2 rings (SSSR count). The zero-order chi connectivity index (χ0) is 12.3. The highest BCUT2D eigenvalue weighted by Crippen LogP contribution is 2.28. The first-order valence-electron chi connectivity index (χ1n) is 5.59. The van der Waals surface area contributed by atoms with E-state index in [-0.39, 0.29) is 0 Å². The number of nitrogens with two attached hydrogens (primary N) is 1. The summed E-state index contributed by atoms with van der Waals surface area (Å²) in [7, 11) is 0. The van der Waals surface area contributed by atoms with Gasteiger partial charge in [0.15, 0.2) is 0 Å². The number of nitrogens with zero attached hydrogens (tertiary/aromatic N) is 1. The fraction of sp³-hybridized carbons (Fsp3) is 0.214. The van der Waals surface area contributed by atoms with Gasteiger partial charge in [0.25, 0.3) is 0 Å². The number of aryl methyl sites for hydroxylation is 1. The van der Waals surface area contributed by atoms with Crippen molar-refractivity contribution in [2.45, 2.75) is 20.4 Å². The molecule has 0 saturated carbocycles. The molecule has 2 aromatic rings. The van der Waals surface area contributed by atoms with E-state index in [2.05, 4.69) is 18.0 Å². The summed E-state index contributed by atoms with van der Waals surface area (Å²) in [4.78, 5) is 4.06. The molecule has 1 aromatic heterocycles. The monoisotopic (exact) mass is 228 g/mol. The Bertz CT molecular complexity index is 523. The molecule has 3 nitrogen and oxygen atoms in total. The Labute approximate surface area is 101 Å². The van der Waals surface area contributed by atoms with Gasteiger partial charge in [-0.1, -0.05) is 12.1 Å². The van der Waals surface area contributed by atoms with Gasteiger partial charge in [0.05, 0.1) is 6.20 Å². The summed E-state index contributed by atoms with van der Waals surface area (Å²) in [5.74, 6) is 1.58. The second-order valence-electron chi connectivity index (χ2n) is 3.99. The van der Waals surface area contributed by atoms with E-state index in [1.807, 2.05) is 25.1 Å². The molecule has 3 heteroatoms. The van der Waals surface area contributed by atoms with E-state index in [1.165, 1.54) is 5.56 Å². The quantitative estimate of drug-likeness (QED) is 0.878. The summed E-state index contributed by atoms with van der Waals surface area (Å²) < 4.78 is 5.87. The summed E-state index contributed by atoms with van der Waals surface area (Å²) in [6, 6.07) is 7.88. The SMILES string of the molecule is Cc1cccc(Oc2cnccc2CN)c1C. The smallest absolute Gasteiger partial charge is 0.150 e. The van der Waals surface area contributed by atoms with Gasteiger partial charge in [-0.15, -0.1) is 0 Å². The van der Waals surface area contributed by atoms with Crippen molar-refractivity contribution in [1.29, 1.82) is 0 Å². The van der Waals surface area contributed by atoms with E-state index in [0.29, 0.717) is 6.54 Å². The van der Waals surface area contributed by atoms with Crippen LogP contribution in [0.4, 0.5) is 0 Å². The zero-order valence-electron chi connectivity index (χ0n) is 10.1. The molecule has 0 saturated heterocycles. The summed E-state index contributed by atoms with van der Waals surface area (Å²) in [5.41, 5.74) is 8.97. The molecule has 88 valence electrons. The molecule has 0 fully saturated rings. The van der Waals surface area contributed by atoms with E-state index in [1.54, 1.807) is 12.4 Å². The Morgan fingerprint density at radius 3 is 2.76 bits per heavy atom. The molecular formula is C14H16N2O. The molecule has 0 aliphatic rings. The van der Waals surface area contributed by atoms with Gasteiger partial charge < -0.3 is 10.5 Å². The van der Waals surface area contributed by atoms with Crippen molar-refractivity contribution in [2.75, 3.05) is 0 Å². The van der Waals surface area contributed by atoms with Crippen LogP contribution in [0.2, 0.25) is 0 Å². The van der Waals surface area contributed by atoms with Crippen molar-refractivity contribution in [3.8, 4) is 11.5 Å². The van der Waals surface area contributed by atoms with Crippen LogP contribution in [0.25, 0.3) is 0 Å². The van der Waals surface area contributed by atoms with E-state index in [4.69, 9.17) is 10.5 Å². The van der Waals surface area contributed by atoms with Gasteiger partial charge >= 0.3 is 0 Å². The lowest BCUT2D eigenvalue weighted by molar-refractivity contribution is 0.470. The average Bonchev–Trinajstić information content (AvgIpc) is 2.35. The highest BCUT2D eigenvalue weighted by atomic mass is 16.5. The van der Waals surface area contributed by atoms with Crippen LogP contribution in [-0.4, -0.2) is 4.98 Å². The lowest BCUT2D eigenvalue weighted by atomic mass is 10.1. The summed E-state index contributed by atoms with van der Waals surface area (Å²) in [6.07, 6.45) is 3.42. The number of ether oxygens (including phenoxy) is 1. The maximum absolute atomic E-state index is 5.87. The van der Waals surface area contributed by atoms with Crippen LogP contribution in [-0.2, 0) is 6.54 Å². The van der Waals surface area contributed by atoms with Crippen LogP contribution in [0, 0.1) is 13.8 Å². The number of hydrogen-bond donors (Lipinski definition) is 1.